The summed E-state index contributed by atoms with van der Waals surface area (Å²) in [5.74, 6) is 0.331. The van der Waals surface area contributed by atoms with Crippen LogP contribution < -0.4 is 0 Å². The van der Waals surface area contributed by atoms with Crippen molar-refractivity contribution in [2.45, 2.75) is 6.42 Å². The summed E-state index contributed by atoms with van der Waals surface area (Å²) in [5, 5.41) is 1.24. The third-order valence-electron chi connectivity index (χ3n) is 2.95. The highest BCUT2D eigenvalue weighted by atomic mass is 32.1. The van der Waals surface area contributed by atoms with E-state index in [-0.39, 0.29) is 11.7 Å². The van der Waals surface area contributed by atoms with Crippen molar-refractivity contribution in [3.8, 4) is 0 Å². The number of carbonyl (C=O) groups is 1. The van der Waals surface area contributed by atoms with Crippen molar-refractivity contribution < 1.29 is 4.79 Å². The largest absolute Gasteiger partial charge is 0.361 e. The fourth-order valence-electron chi connectivity index (χ4n) is 1.87. The SMILES string of the molecule is CN(CCc1c[nH]c2ccccc12)C(=O)CS. The van der Waals surface area contributed by atoms with E-state index in [4.69, 9.17) is 0 Å². The summed E-state index contributed by atoms with van der Waals surface area (Å²) in [7, 11) is 1.81. The molecule has 17 heavy (non-hydrogen) atoms. The Bertz CT molecular complexity index is 521. The van der Waals surface area contributed by atoms with Gasteiger partial charge >= 0.3 is 0 Å². The molecule has 0 spiro atoms. The number of nitrogens with one attached hydrogen (secondary N) is 1. The lowest BCUT2D eigenvalue weighted by Gasteiger charge is -2.15. The lowest BCUT2D eigenvalue weighted by atomic mass is 10.1. The second-order valence-electron chi connectivity index (χ2n) is 4.08. The number of para-hydroxylation sites is 1. The molecular weight excluding hydrogens is 232 g/mol. The first-order chi connectivity index (χ1) is 8.22. The Morgan fingerprint density at radius 2 is 2.18 bits per heavy atom. The van der Waals surface area contributed by atoms with E-state index < -0.39 is 0 Å². The maximum absolute atomic E-state index is 11.4. The number of aromatic nitrogens is 1. The van der Waals surface area contributed by atoms with Crippen LogP contribution in [0, 0.1) is 0 Å². The Morgan fingerprint density at radius 1 is 1.41 bits per heavy atom. The maximum atomic E-state index is 11.4. The van der Waals surface area contributed by atoms with Gasteiger partial charge in [0, 0.05) is 30.7 Å². The predicted molar refractivity (Wildman–Crippen MR) is 73.5 cm³/mol. The lowest BCUT2D eigenvalue weighted by Crippen LogP contribution is -2.29. The van der Waals surface area contributed by atoms with E-state index in [2.05, 4.69) is 29.7 Å². The molecule has 0 aliphatic carbocycles. The molecule has 4 heteroatoms. The molecule has 0 radical (unpaired) electrons. The van der Waals surface area contributed by atoms with E-state index in [1.165, 1.54) is 10.9 Å². The van der Waals surface area contributed by atoms with Gasteiger partial charge in [-0.1, -0.05) is 18.2 Å². The Kier molecular flexibility index (Phi) is 3.74. The Morgan fingerprint density at radius 3 is 2.94 bits per heavy atom. The number of likely N-dealkylation sites (N-methyl/N-ethyl adjacent to an activating group) is 1. The summed E-state index contributed by atoms with van der Waals surface area (Å²) < 4.78 is 0. The maximum Gasteiger partial charge on any atom is 0.232 e. The number of benzene rings is 1. The Balaban J connectivity index is 2.07. The van der Waals surface area contributed by atoms with Crippen LogP contribution in [-0.2, 0) is 11.2 Å². The van der Waals surface area contributed by atoms with Crippen molar-refractivity contribution in [3.63, 3.8) is 0 Å². The molecular formula is C13H16N2OS. The van der Waals surface area contributed by atoms with Crippen molar-refractivity contribution in [1.29, 1.82) is 0 Å². The van der Waals surface area contributed by atoms with Crippen molar-refractivity contribution in [3.05, 3.63) is 36.0 Å². The van der Waals surface area contributed by atoms with Crippen molar-refractivity contribution in [2.75, 3.05) is 19.3 Å². The summed E-state index contributed by atoms with van der Waals surface area (Å²) >= 11 is 3.98. The molecule has 1 aromatic carbocycles. The van der Waals surface area contributed by atoms with Gasteiger partial charge in [-0.25, -0.2) is 0 Å². The average molecular weight is 248 g/mol. The van der Waals surface area contributed by atoms with Gasteiger partial charge in [0.25, 0.3) is 0 Å². The molecule has 0 fully saturated rings. The first-order valence-electron chi connectivity index (χ1n) is 5.62. The van der Waals surface area contributed by atoms with Crippen molar-refractivity contribution in [2.24, 2.45) is 0 Å². The zero-order valence-corrected chi connectivity index (χ0v) is 10.7. The van der Waals surface area contributed by atoms with Gasteiger partial charge in [0.15, 0.2) is 0 Å². The van der Waals surface area contributed by atoms with Gasteiger partial charge in [-0.15, -0.1) is 0 Å². The summed E-state index contributed by atoms with van der Waals surface area (Å²) in [4.78, 5) is 16.3. The summed E-state index contributed by atoms with van der Waals surface area (Å²) in [6.07, 6.45) is 2.88. The molecule has 0 bridgehead atoms. The number of fused-ring (bicyclic) bond motifs is 1. The van der Waals surface area contributed by atoms with E-state index in [0.29, 0.717) is 0 Å². The number of H-pyrrole nitrogens is 1. The van der Waals surface area contributed by atoms with E-state index in [1.807, 2.05) is 25.4 Å². The fraction of sp³-hybridized carbons (Fsp3) is 0.308. The van der Waals surface area contributed by atoms with Crippen molar-refractivity contribution >= 4 is 29.4 Å². The summed E-state index contributed by atoms with van der Waals surface area (Å²) in [6, 6.07) is 8.20. The van der Waals surface area contributed by atoms with Gasteiger partial charge in [0.2, 0.25) is 5.91 Å². The topological polar surface area (TPSA) is 36.1 Å². The monoisotopic (exact) mass is 248 g/mol. The minimum atomic E-state index is 0.0631. The second kappa shape index (κ2) is 5.27. The molecule has 1 heterocycles. The molecule has 90 valence electrons. The van der Waals surface area contributed by atoms with Gasteiger partial charge in [0.1, 0.15) is 0 Å². The molecule has 3 nitrogen and oxygen atoms in total. The van der Waals surface area contributed by atoms with E-state index in [9.17, 15) is 4.79 Å². The van der Waals surface area contributed by atoms with Crippen LogP contribution in [0.1, 0.15) is 5.56 Å². The summed E-state index contributed by atoms with van der Waals surface area (Å²) in [5.41, 5.74) is 2.39. The molecule has 1 N–H and O–H groups in total. The van der Waals surface area contributed by atoms with Crippen LogP contribution in [0.5, 0.6) is 0 Å². The molecule has 2 rings (SSSR count). The number of carbonyl (C=O) groups excluding carboxylic acids is 1. The molecule has 0 saturated carbocycles. The third kappa shape index (κ3) is 2.64. The van der Waals surface area contributed by atoms with Gasteiger partial charge in [-0.05, 0) is 18.1 Å². The number of aromatic amines is 1. The van der Waals surface area contributed by atoms with Crippen LogP contribution in [0.15, 0.2) is 30.5 Å². The zero-order chi connectivity index (χ0) is 12.3. The van der Waals surface area contributed by atoms with Crippen LogP contribution in [0.2, 0.25) is 0 Å². The van der Waals surface area contributed by atoms with E-state index >= 15 is 0 Å². The van der Waals surface area contributed by atoms with Crippen molar-refractivity contribution in [1.82, 2.24) is 9.88 Å². The second-order valence-corrected chi connectivity index (χ2v) is 4.40. The van der Waals surface area contributed by atoms with Crippen LogP contribution in [0.3, 0.4) is 0 Å². The minimum Gasteiger partial charge on any atom is -0.361 e. The highest BCUT2D eigenvalue weighted by molar-refractivity contribution is 7.81. The molecule has 0 aliphatic heterocycles. The number of hydrogen-bond acceptors (Lipinski definition) is 2. The Hall–Kier alpha value is -1.42. The van der Waals surface area contributed by atoms with E-state index in [0.717, 1.165) is 18.5 Å². The Labute approximate surface area is 106 Å². The number of thiol groups is 1. The summed E-state index contributed by atoms with van der Waals surface area (Å²) in [6.45, 7) is 0.723. The first kappa shape index (κ1) is 12.0. The number of rotatable bonds is 4. The van der Waals surface area contributed by atoms with Crippen LogP contribution in [0.4, 0.5) is 0 Å². The predicted octanol–water partition coefficient (Wildman–Crippen LogP) is 2.10. The third-order valence-corrected chi connectivity index (χ3v) is 3.22. The van der Waals surface area contributed by atoms with Gasteiger partial charge in [-0.2, -0.15) is 12.6 Å². The van der Waals surface area contributed by atoms with E-state index in [1.54, 1.807) is 4.90 Å². The molecule has 0 atom stereocenters. The number of nitrogens with zero attached hydrogens (tertiary/aromatic N) is 1. The number of amides is 1. The minimum absolute atomic E-state index is 0.0631. The highest BCUT2D eigenvalue weighted by Gasteiger charge is 2.08. The van der Waals surface area contributed by atoms with Crippen LogP contribution in [-0.4, -0.2) is 35.1 Å². The lowest BCUT2D eigenvalue weighted by molar-refractivity contribution is -0.127. The molecule has 0 saturated heterocycles. The van der Waals surface area contributed by atoms with Crippen LogP contribution in [0.25, 0.3) is 10.9 Å². The molecule has 1 amide bonds. The number of hydrogen-bond donors (Lipinski definition) is 2. The smallest absolute Gasteiger partial charge is 0.232 e. The highest BCUT2D eigenvalue weighted by Crippen LogP contribution is 2.18. The normalized spacial score (nSPS) is 10.7. The van der Waals surface area contributed by atoms with Gasteiger partial charge < -0.3 is 9.88 Å². The molecule has 1 aromatic heterocycles. The van der Waals surface area contributed by atoms with Crippen LogP contribution >= 0.6 is 12.6 Å². The molecule has 0 unspecified atom stereocenters. The average Bonchev–Trinajstić information content (AvgIpc) is 2.78. The fourth-order valence-corrected chi connectivity index (χ4v) is 2.11. The molecule has 0 aliphatic rings. The molecule has 2 aromatic rings. The zero-order valence-electron chi connectivity index (χ0n) is 9.81. The standard InChI is InChI=1S/C13H16N2OS/c1-15(13(16)9-17)7-6-10-8-14-12-5-3-2-4-11(10)12/h2-5,8,14,17H,6-7,9H2,1H3. The first-order valence-corrected chi connectivity index (χ1v) is 6.25. The quantitative estimate of drug-likeness (QED) is 0.799. The van der Waals surface area contributed by atoms with Gasteiger partial charge in [0.05, 0.1) is 5.75 Å². The van der Waals surface area contributed by atoms with Gasteiger partial charge in [-0.3, -0.25) is 4.79 Å².